The third kappa shape index (κ3) is 2.83. The molecule has 1 amide bonds. The Morgan fingerprint density at radius 2 is 2.15 bits per heavy atom. The summed E-state index contributed by atoms with van der Waals surface area (Å²) in [4.78, 5) is 11.3. The molecule has 0 fully saturated rings. The molecule has 1 aromatic heterocycles. The van der Waals surface area contributed by atoms with E-state index in [0.29, 0.717) is 22.7 Å². The molecule has 7 heteroatoms. The van der Waals surface area contributed by atoms with E-state index in [1.165, 1.54) is 0 Å². The topological polar surface area (TPSA) is 63.5 Å². The van der Waals surface area contributed by atoms with E-state index in [4.69, 9.17) is 9.15 Å². The molecular weight excluding hydrogens is 392 g/mol. The van der Waals surface area contributed by atoms with Crippen LogP contribution >= 0.6 is 31.9 Å². The highest BCUT2D eigenvalue weighted by Crippen LogP contribution is 2.31. The Bertz CT molecular complexity index is 650. The average Bonchev–Trinajstić information content (AvgIpc) is 2.75. The second kappa shape index (κ2) is 5.49. The smallest absolute Gasteiger partial charge is 0.262 e. The monoisotopic (exact) mass is 400 g/mol. The standard InChI is InChI=1S/C13H10Br2N2O3/c14-9-4-8(20-13(9)15)5-16-7-1-2-11-10(3-7)17-12(18)6-19-11/h1-4,16H,5-6H2,(H,17,18). The third-order valence-electron chi connectivity index (χ3n) is 2.78. The average molecular weight is 402 g/mol. The molecule has 1 aliphatic rings. The summed E-state index contributed by atoms with van der Waals surface area (Å²) in [5.41, 5.74) is 1.55. The summed E-state index contributed by atoms with van der Waals surface area (Å²) in [5, 5.41) is 5.99. The largest absolute Gasteiger partial charge is 0.482 e. The van der Waals surface area contributed by atoms with Crippen LogP contribution in [0.2, 0.25) is 0 Å². The molecule has 20 heavy (non-hydrogen) atoms. The number of benzene rings is 1. The molecule has 5 nitrogen and oxygen atoms in total. The van der Waals surface area contributed by atoms with Crippen LogP contribution in [-0.2, 0) is 11.3 Å². The molecule has 0 saturated carbocycles. The van der Waals surface area contributed by atoms with E-state index >= 15 is 0 Å². The molecule has 0 atom stereocenters. The molecule has 0 radical (unpaired) electrons. The highest BCUT2D eigenvalue weighted by atomic mass is 79.9. The lowest BCUT2D eigenvalue weighted by Gasteiger charge is -2.18. The van der Waals surface area contributed by atoms with Gasteiger partial charge in [0.1, 0.15) is 11.5 Å². The van der Waals surface area contributed by atoms with Gasteiger partial charge in [0.05, 0.1) is 16.7 Å². The predicted octanol–water partition coefficient (Wildman–Crippen LogP) is 3.75. The van der Waals surface area contributed by atoms with Crippen LogP contribution in [-0.4, -0.2) is 12.5 Å². The molecule has 0 aliphatic carbocycles. The van der Waals surface area contributed by atoms with Crippen LogP contribution in [0.5, 0.6) is 5.75 Å². The SMILES string of the molecule is O=C1COc2ccc(NCc3cc(Br)c(Br)o3)cc2N1. The Balaban J connectivity index is 1.72. The minimum absolute atomic E-state index is 0.0637. The minimum Gasteiger partial charge on any atom is -0.482 e. The Morgan fingerprint density at radius 3 is 2.90 bits per heavy atom. The zero-order valence-electron chi connectivity index (χ0n) is 10.2. The van der Waals surface area contributed by atoms with E-state index in [2.05, 4.69) is 42.5 Å². The van der Waals surface area contributed by atoms with Gasteiger partial charge in [-0.1, -0.05) is 0 Å². The molecule has 104 valence electrons. The van der Waals surface area contributed by atoms with Crippen LogP contribution < -0.4 is 15.4 Å². The van der Waals surface area contributed by atoms with Gasteiger partial charge in [-0.2, -0.15) is 0 Å². The molecule has 0 unspecified atom stereocenters. The fourth-order valence-corrected chi connectivity index (χ4v) is 2.52. The molecule has 0 saturated heterocycles. The summed E-state index contributed by atoms with van der Waals surface area (Å²) >= 11 is 6.66. The number of halogens is 2. The predicted molar refractivity (Wildman–Crippen MR) is 82.0 cm³/mol. The van der Waals surface area contributed by atoms with Crippen molar-refractivity contribution in [2.75, 3.05) is 17.2 Å². The molecule has 2 N–H and O–H groups in total. The van der Waals surface area contributed by atoms with E-state index < -0.39 is 0 Å². The van der Waals surface area contributed by atoms with Crippen molar-refractivity contribution >= 4 is 49.1 Å². The van der Waals surface area contributed by atoms with Crippen molar-refractivity contribution in [3.63, 3.8) is 0 Å². The number of rotatable bonds is 3. The first kappa shape index (κ1) is 13.5. The van der Waals surface area contributed by atoms with Crippen molar-refractivity contribution in [2.24, 2.45) is 0 Å². The molecule has 2 heterocycles. The molecule has 3 rings (SSSR count). The number of carbonyl (C=O) groups excluding carboxylic acids is 1. The summed E-state index contributed by atoms with van der Waals surface area (Å²) in [7, 11) is 0. The van der Waals surface area contributed by atoms with Crippen molar-refractivity contribution in [3.05, 3.63) is 39.2 Å². The summed E-state index contributed by atoms with van der Waals surface area (Å²) in [5.74, 6) is 1.33. The van der Waals surface area contributed by atoms with Gasteiger partial charge in [-0.3, -0.25) is 4.79 Å². The summed E-state index contributed by atoms with van der Waals surface area (Å²) in [6, 6.07) is 7.44. The summed E-state index contributed by atoms with van der Waals surface area (Å²) in [6.45, 7) is 0.603. The van der Waals surface area contributed by atoms with Gasteiger partial charge in [0.2, 0.25) is 0 Å². The van der Waals surface area contributed by atoms with Crippen molar-refractivity contribution in [1.29, 1.82) is 0 Å². The fourth-order valence-electron chi connectivity index (χ4n) is 1.86. The van der Waals surface area contributed by atoms with Crippen molar-refractivity contribution in [1.82, 2.24) is 0 Å². The zero-order valence-corrected chi connectivity index (χ0v) is 13.4. The van der Waals surface area contributed by atoms with Crippen LogP contribution in [0, 0.1) is 0 Å². The molecule has 1 aromatic carbocycles. The van der Waals surface area contributed by atoms with Crippen molar-refractivity contribution in [3.8, 4) is 5.75 Å². The molecule has 2 aromatic rings. The molecule has 1 aliphatic heterocycles. The maximum atomic E-state index is 11.3. The number of ether oxygens (including phenoxy) is 1. The zero-order chi connectivity index (χ0) is 14.1. The normalized spacial score (nSPS) is 13.4. The van der Waals surface area contributed by atoms with Gasteiger partial charge in [0, 0.05) is 5.69 Å². The number of carbonyl (C=O) groups is 1. The number of furan rings is 1. The summed E-state index contributed by atoms with van der Waals surface area (Å²) < 4.78 is 12.3. The van der Waals surface area contributed by atoms with E-state index in [-0.39, 0.29) is 12.5 Å². The lowest BCUT2D eigenvalue weighted by molar-refractivity contribution is -0.118. The molecular formula is C13H10Br2N2O3. The van der Waals surface area contributed by atoms with E-state index in [9.17, 15) is 4.79 Å². The van der Waals surface area contributed by atoms with Crippen LogP contribution in [0.15, 0.2) is 37.8 Å². The second-order valence-corrected chi connectivity index (χ2v) is 5.81. The van der Waals surface area contributed by atoms with Gasteiger partial charge in [-0.05, 0) is 56.1 Å². The molecule has 0 spiro atoms. The maximum Gasteiger partial charge on any atom is 0.262 e. The third-order valence-corrected chi connectivity index (χ3v) is 4.49. The number of hydrogen-bond donors (Lipinski definition) is 2. The first-order valence-corrected chi connectivity index (χ1v) is 7.45. The van der Waals surface area contributed by atoms with E-state index in [0.717, 1.165) is 15.9 Å². The highest BCUT2D eigenvalue weighted by molar-refractivity contribution is 9.13. The fraction of sp³-hybridized carbons (Fsp3) is 0.154. The van der Waals surface area contributed by atoms with E-state index in [1.807, 2.05) is 24.3 Å². The number of fused-ring (bicyclic) bond motifs is 1. The number of amides is 1. The maximum absolute atomic E-state index is 11.3. The highest BCUT2D eigenvalue weighted by Gasteiger charge is 2.16. The molecule has 0 bridgehead atoms. The van der Waals surface area contributed by atoms with Gasteiger partial charge < -0.3 is 19.8 Å². The summed E-state index contributed by atoms with van der Waals surface area (Å²) in [6.07, 6.45) is 0. The number of hydrogen-bond acceptors (Lipinski definition) is 4. The van der Waals surface area contributed by atoms with Gasteiger partial charge in [-0.15, -0.1) is 0 Å². The lowest BCUT2D eigenvalue weighted by Crippen LogP contribution is -2.25. The Labute approximate surface area is 131 Å². The number of nitrogens with one attached hydrogen (secondary N) is 2. The second-order valence-electron chi connectivity index (χ2n) is 4.24. The van der Waals surface area contributed by atoms with Crippen molar-refractivity contribution in [2.45, 2.75) is 6.54 Å². The minimum atomic E-state index is -0.145. The Kier molecular flexibility index (Phi) is 3.71. The number of anilines is 2. The first-order valence-electron chi connectivity index (χ1n) is 5.86. The van der Waals surface area contributed by atoms with Crippen molar-refractivity contribution < 1.29 is 13.9 Å². The van der Waals surface area contributed by atoms with Crippen LogP contribution in [0.4, 0.5) is 11.4 Å². The Hall–Kier alpha value is -1.47. The first-order chi connectivity index (χ1) is 9.61. The lowest BCUT2D eigenvalue weighted by atomic mass is 10.2. The van der Waals surface area contributed by atoms with E-state index in [1.54, 1.807) is 0 Å². The van der Waals surface area contributed by atoms with Crippen LogP contribution in [0.1, 0.15) is 5.76 Å². The van der Waals surface area contributed by atoms with Gasteiger partial charge in [0.15, 0.2) is 11.3 Å². The van der Waals surface area contributed by atoms with Gasteiger partial charge in [-0.25, -0.2) is 0 Å². The Morgan fingerprint density at radius 1 is 1.30 bits per heavy atom. The van der Waals surface area contributed by atoms with Crippen LogP contribution in [0.25, 0.3) is 0 Å². The van der Waals surface area contributed by atoms with Gasteiger partial charge >= 0.3 is 0 Å². The van der Waals surface area contributed by atoms with Gasteiger partial charge in [0.25, 0.3) is 5.91 Å². The van der Waals surface area contributed by atoms with Crippen LogP contribution in [0.3, 0.4) is 0 Å². The quantitative estimate of drug-likeness (QED) is 0.822.